The van der Waals surface area contributed by atoms with Gasteiger partial charge in [0.1, 0.15) is 17.0 Å². The summed E-state index contributed by atoms with van der Waals surface area (Å²) in [5.74, 6) is -0.481. The zero-order valence-corrected chi connectivity index (χ0v) is 18.1. The minimum absolute atomic E-state index is 0.131. The minimum Gasteiger partial charge on any atom is -0.406 e. The Morgan fingerprint density at radius 1 is 1.12 bits per heavy atom. The average molecular weight is 466 g/mol. The highest BCUT2D eigenvalue weighted by molar-refractivity contribution is 5.96. The average Bonchev–Trinajstić information content (AvgIpc) is 2.74. The molecule has 0 aliphatic carbocycles. The molecule has 2 heterocycles. The number of carbonyl (C=O) groups excluding carboxylic acids is 1. The van der Waals surface area contributed by atoms with Gasteiger partial charge in [0, 0.05) is 39.9 Å². The number of nitrogens with zero attached hydrogens (tertiary/aromatic N) is 4. The molecule has 0 fully saturated rings. The van der Waals surface area contributed by atoms with Gasteiger partial charge in [-0.25, -0.2) is 9.78 Å². The van der Waals surface area contributed by atoms with Crippen LogP contribution >= 0.6 is 0 Å². The van der Waals surface area contributed by atoms with Crippen LogP contribution < -0.4 is 31.5 Å². The summed E-state index contributed by atoms with van der Waals surface area (Å²) in [6, 6.07) is 6.23. The number of aryl methyl sites for hydroxylation is 1. The smallest absolute Gasteiger partial charge is 0.406 e. The first-order valence-electron chi connectivity index (χ1n) is 9.55. The normalized spacial score (nSPS) is 11.4. The molecule has 2 aromatic heterocycles. The molecular weight excluding hydrogens is 445 g/mol. The van der Waals surface area contributed by atoms with E-state index in [9.17, 15) is 27.6 Å². The van der Waals surface area contributed by atoms with Crippen molar-refractivity contribution < 1.29 is 22.7 Å². The Hall–Kier alpha value is -4.03. The van der Waals surface area contributed by atoms with Crippen LogP contribution in [0.2, 0.25) is 0 Å². The molecule has 0 saturated carbocycles. The molecule has 0 radical (unpaired) electrons. The first-order chi connectivity index (χ1) is 15.4. The number of hydrogen-bond acceptors (Lipinski definition) is 7. The summed E-state index contributed by atoms with van der Waals surface area (Å²) in [5.41, 5.74) is -0.420. The van der Waals surface area contributed by atoms with Crippen LogP contribution in [0.25, 0.3) is 11.0 Å². The third kappa shape index (κ3) is 5.25. The lowest BCUT2D eigenvalue weighted by Gasteiger charge is -2.17. The number of aromatic nitrogens is 3. The Morgan fingerprint density at radius 2 is 1.76 bits per heavy atom. The van der Waals surface area contributed by atoms with E-state index < -0.39 is 29.3 Å². The zero-order valence-electron chi connectivity index (χ0n) is 18.1. The number of halogens is 3. The molecular formula is C20H21F3N6O4. The molecule has 0 aliphatic heterocycles. The fourth-order valence-corrected chi connectivity index (χ4v) is 3.03. The molecule has 2 N–H and O–H groups in total. The molecule has 0 atom stereocenters. The van der Waals surface area contributed by atoms with Crippen molar-refractivity contribution in [2.24, 2.45) is 14.1 Å². The third-order valence-corrected chi connectivity index (χ3v) is 4.67. The van der Waals surface area contributed by atoms with Crippen molar-refractivity contribution in [3.63, 3.8) is 0 Å². The Bertz CT molecular complexity index is 1310. The Balaban J connectivity index is 1.84. The zero-order chi connectivity index (χ0) is 24.5. The molecule has 10 nitrogen and oxygen atoms in total. The number of hydrogen-bond donors (Lipinski definition) is 2. The summed E-state index contributed by atoms with van der Waals surface area (Å²) < 4.78 is 42.7. The van der Waals surface area contributed by atoms with E-state index in [-0.39, 0.29) is 23.3 Å². The third-order valence-electron chi connectivity index (χ3n) is 4.67. The predicted octanol–water partition coefficient (Wildman–Crippen LogP) is 1.65. The summed E-state index contributed by atoms with van der Waals surface area (Å²) in [5, 5.41) is 5.54. The maximum Gasteiger partial charge on any atom is 0.573 e. The maximum absolute atomic E-state index is 12.7. The molecule has 13 heteroatoms. The van der Waals surface area contributed by atoms with Gasteiger partial charge in [0.05, 0.1) is 12.2 Å². The van der Waals surface area contributed by atoms with Crippen LogP contribution in [-0.2, 0) is 18.9 Å². The van der Waals surface area contributed by atoms with Crippen LogP contribution in [0.3, 0.4) is 0 Å². The molecule has 0 saturated heterocycles. The number of anilines is 3. The molecule has 3 aromatic rings. The van der Waals surface area contributed by atoms with Gasteiger partial charge in [-0.3, -0.25) is 18.7 Å². The highest BCUT2D eigenvalue weighted by Crippen LogP contribution is 2.25. The van der Waals surface area contributed by atoms with E-state index in [0.717, 1.165) is 16.7 Å². The van der Waals surface area contributed by atoms with Crippen molar-refractivity contribution in [1.29, 1.82) is 0 Å². The Morgan fingerprint density at radius 3 is 2.33 bits per heavy atom. The molecule has 1 amide bonds. The quantitative estimate of drug-likeness (QED) is 0.568. The van der Waals surface area contributed by atoms with Crippen molar-refractivity contribution in [2.75, 3.05) is 36.2 Å². The van der Waals surface area contributed by atoms with Crippen molar-refractivity contribution in [3.05, 3.63) is 51.2 Å². The number of fused-ring (bicyclic) bond motifs is 1. The molecule has 0 aliphatic rings. The van der Waals surface area contributed by atoms with E-state index >= 15 is 0 Å². The summed E-state index contributed by atoms with van der Waals surface area (Å²) in [4.78, 5) is 43.4. The Labute approximate surface area is 185 Å². The van der Waals surface area contributed by atoms with E-state index in [0.29, 0.717) is 11.5 Å². The molecule has 1 aromatic carbocycles. The SMILES string of the molecule is CN(C)c1cc(NCC(=O)Nc2ccc(OC(F)(F)F)cc2)c2c(=O)n(C)c(=O)n(C)c2n1. The van der Waals surface area contributed by atoms with Gasteiger partial charge in [-0.05, 0) is 24.3 Å². The van der Waals surface area contributed by atoms with Gasteiger partial charge in [0.15, 0.2) is 5.65 Å². The number of pyridine rings is 1. The van der Waals surface area contributed by atoms with E-state index in [2.05, 4.69) is 20.4 Å². The van der Waals surface area contributed by atoms with Gasteiger partial charge in [0.25, 0.3) is 5.56 Å². The largest absolute Gasteiger partial charge is 0.573 e. The second kappa shape index (κ2) is 8.84. The number of benzene rings is 1. The van der Waals surface area contributed by atoms with Gasteiger partial charge in [-0.2, -0.15) is 0 Å². The number of rotatable bonds is 6. The van der Waals surface area contributed by atoms with Gasteiger partial charge in [-0.1, -0.05) is 0 Å². The van der Waals surface area contributed by atoms with Gasteiger partial charge in [0.2, 0.25) is 5.91 Å². The van der Waals surface area contributed by atoms with E-state index in [4.69, 9.17) is 0 Å². The lowest BCUT2D eigenvalue weighted by molar-refractivity contribution is -0.274. The van der Waals surface area contributed by atoms with E-state index in [1.807, 2.05) is 0 Å². The fraction of sp³-hybridized carbons (Fsp3) is 0.300. The minimum atomic E-state index is -4.81. The van der Waals surface area contributed by atoms with Crippen molar-refractivity contribution in [2.45, 2.75) is 6.36 Å². The van der Waals surface area contributed by atoms with Crippen LogP contribution in [0, 0.1) is 0 Å². The number of carbonyl (C=O) groups is 1. The second-order valence-electron chi connectivity index (χ2n) is 7.30. The lowest BCUT2D eigenvalue weighted by atomic mass is 10.2. The van der Waals surface area contributed by atoms with Gasteiger partial charge in [-0.15, -0.1) is 13.2 Å². The van der Waals surface area contributed by atoms with Crippen LogP contribution in [0.4, 0.5) is 30.4 Å². The number of amides is 1. The first kappa shape index (κ1) is 23.6. The highest BCUT2D eigenvalue weighted by atomic mass is 19.4. The summed E-state index contributed by atoms with van der Waals surface area (Å²) in [6.07, 6.45) is -4.81. The summed E-state index contributed by atoms with van der Waals surface area (Å²) in [7, 11) is 6.29. The number of ether oxygens (including phenoxy) is 1. The van der Waals surface area contributed by atoms with Crippen molar-refractivity contribution in [1.82, 2.24) is 14.1 Å². The summed E-state index contributed by atoms with van der Waals surface area (Å²) >= 11 is 0. The number of nitrogens with one attached hydrogen (secondary N) is 2. The Kier molecular flexibility index (Phi) is 6.33. The first-order valence-corrected chi connectivity index (χ1v) is 9.55. The maximum atomic E-state index is 12.7. The van der Waals surface area contributed by atoms with Crippen LogP contribution in [-0.4, -0.2) is 47.0 Å². The van der Waals surface area contributed by atoms with Crippen molar-refractivity contribution in [3.8, 4) is 5.75 Å². The topological polar surface area (TPSA) is 110 Å². The van der Waals surface area contributed by atoms with Crippen LogP contribution in [0.15, 0.2) is 39.9 Å². The van der Waals surface area contributed by atoms with E-state index in [1.165, 1.54) is 30.8 Å². The number of alkyl halides is 3. The molecule has 3 rings (SSSR count). The molecule has 0 bridgehead atoms. The molecule has 176 valence electrons. The van der Waals surface area contributed by atoms with Crippen LogP contribution in [0.1, 0.15) is 0 Å². The van der Waals surface area contributed by atoms with Gasteiger partial charge >= 0.3 is 12.1 Å². The highest BCUT2D eigenvalue weighted by Gasteiger charge is 2.31. The molecule has 33 heavy (non-hydrogen) atoms. The second-order valence-corrected chi connectivity index (χ2v) is 7.30. The molecule has 0 unspecified atom stereocenters. The lowest BCUT2D eigenvalue weighted by Crippen LogP contribution is -2.38. The van der Waals surface area contributed by atoms with Gasteiger partial charge < -0.3 is 20.3 Å². The van der Waals surface area contributed by atoms with E-state index in [1.54, 1.807) is 25.1 Å². The van der Waals surface area contributed by atoms with Crippen molar-refractivity contribution >= 4 is 34.1 Å². The summed E-state index contributed by atoms with van der Waals surface area (Å²) in [6.45, 7) is -0.265. The standard InChI is InChI=1S/C20H21F3N6O4/c1-27(2)14-9-13(16-17(26-14)28(3)19(32)29(4)18(16)31)24-10-15(30)25-11-5-7-12(8-6-11)33-20(21,22)23/h5-9H,10H2,1-4H3,(H,24,26)(H,25,30). The monoisotopic (exact) mass is 466 g/mol. The fourth-order valence-electron chi connectivity index (χ4n) is 3.03. The molecule has 0 spiro atoms. The predicted molar refractivity (Wildman–Crippen MR) is 117 cm³/mol. The van der Waals surface area contributed by atoms with Crippen LogP contribution in [0.5, 0.6) is 5.75 Å².